The van der Waals surface area contributed by atoms with Crippen LogP contribution in [0.25, 0.3) is 0 Å². The number of halogens is 1. The fourth-order valence-electron chi connectivity index (χ4n) is 1.59. The first-order chi connectivity index (χ1) is 9.69. The SMILES string of the molecule is CCOc1cc(C=NNc2ccc(Cl)cc2)ccc1O. The van der Waals surface area contributed by atoms with E-state index in [0.29, 0.717) is 17.4 Å². The average Bonchev–Trinajstić information content (AvgIpc) is 2.45. The van der Waals surface area contributed by atoms with Gasteiger partial charge in [0, 0.05) is 5.02 Å². The van der Waals surface area contributed by atoms with E-state index >= 15 is 0 Å². The number of hydrogen-bond donors (Lipinski definition) is 2. The van der Waals surface area contributed by atoms with Gasteiger partial charge < -0.3 is 9.84 Å². The Hall–Kier alpha value is -2.20. The molecule has 2 N–H and O–H groups in total. The summed E-state index contributed by atoms with van der Waals surface area (Å²) in [5.74, 6) is 0.567. The maximum absolute atomic E-state index is 9.60. The number of benzene rings is 2. The standard InChI is InChI=1S/C15H15ClN2O2/c1-2-20-15-9-11(3-8-14(15)19)10-17-18-13-6-4-12(16)5-7-13/h3-10,18-19H,2H2,1H3. The molecular weight excluding hydrogens is 276 g/mol. The molecule has 0 heterocycles. The van der Waals surface area contributed by atoms with Gasteiger partial charge in [-0.2, -0.15) is 5.10 Å². The first kappa shape index (κ1) is 14.2. The van der Waals surface area contributed by atoms with Crippen molar-refractivity contribution < 1.29 is 9.84 Å². The molecule has 2 rings (SSSR count). The van der Waals surface area contributed by atoms with Crippen molar-refractivity contribution in [2.75, 3.05) is 12.0 Å². The second-order valence-corrected chi connectivity index (χ2v) is 4.47. The van der Waals surface area contributed by atoms with E-state index in [4.69, 9.17) is 16.3 Å². The van der Waals surface area contributed by atoms with Crippen LogP contribution in [-0.4, -0.2) is 17.9 Å². The molecule has 0 aliphatic heterocycles. The predicted octanol–water partition coefficient (Wildman–Crippen LogP) is 3.89. The largest absolute Gasteiger partial charge is 0.504 e. The molecule has 2 aromatic rings. The Labute approximate surface area is 122 Å². The van der Waals surface area contributed by atoms with Crippen molar-refractivity contribution in [1.29, 1.82) is 0 Å². The summed E-state index contributed by atoms with van der Waals surface area (Å²) in [5, 5.41) is 14.4. The quantitative estimate of drug-likeness (QED) is 0.649. The highest BCUT2D eigenvalue weighted by Gasteiger charge is 2.01. The first-order valence-electron chi connectivity index (χ1n) is 6.19. The van der Waals surface area contributed by atoms with Crippen LogP contribution in [0.4, 0.5) is 5.69 Å². The van der Waals surface area contributed by atoms with Gasteiger partial charge in [-0.15, -0.1) is 0 Å². The molecule has 0 bridgehead atoms. The third kappa shape index (κ3) is 3.90. The van der Waals surface area contributed by atoms with Gasteiger partial charge in [-0.25, -0.2) is 0 Å². The number of phenolic OH excluding ortho intramolecular Hbond substituents is 1. The highest BCUT2D eigenvalue weighted by molar-refractivity contribution is 6.30. The van der Waals surface area contributed by atoms with Crippen molar-refractivity contribution in [2.24, 2.45) is 5.10 Å². The Morgan fingerprint density at radius 1 is 1.25 bits per heavy atom. The first-order valence-corrected chi connectivity index (χ1v) is 6.57. The lowest BCUT2D eigenvalue weighted by molar-refractivity contribution is 0.318. The minimum Gasteiger partial charge on any atom is -0.504 e. The molecule has 104 valence electrons. The summed E-state index contributed by atoms with van der Waals surface area (Å²) in [5.41, 5.74) is 4.56. The van der Waals surface area contributed by atoms with Gasteiger partial charge in [0.25, 0.3) is 0 Å². The summed E-state index contributed by atoms with van der Waals surface area (Å²) in [6.07, 6.45) is 1.65. The molecule has 0 aromatic heterocycles. The molecule has 0 saturated heterocycles. The highest BCUT2D eigenvalue weighted by atomic mass is 35.5. The Morgan fingerprint density at radius 3 is 2.70 bits per heavy atom. The minimum atomic E-state index is 0.120. The van der Waals surface area contributed by atoms with E-state index in [2.05, 4.69) is 10.5 Å². The lowest BCUT2D eigenvalue weighted by Gasteiger charge is -2.06. The second-order valence-electron chi connectivity index (χ2n) is 4.04. The number of anilines is 1. The van der Waals surface area contributed by atoms with Crippen LogP contribution in [0.3, 0.4) is 0 Å². The third-order valence-corrected chi connectivity index (χ3v) is 2.79. The van der Waals surface area contributed by atoms with Crippen LogP contribution >= 0.6 is 11.6 Å². The highest BCUT2D eigenvalue weighted by Crippen LogP contribution is 2.26. The average molecular weight is 291 g/mol. The predicted molar refractivity (Wildman–Crippen MR) is 81.9 cm³/mol. The Balaban J connectivity index is 2.03. The molecule has 0 fully saturated rings. The fraction of sp³-hybridized carbons (Fsp3) is 0.133. The van der Waals surface area contributed by atoms with Crippen LogP contribution in [0.5, 0.6) is 11.5 Å². The molecule has 4 nitrogen and oxygen atoms in total. The van der Waals surface area contributed by atoms with Crippen molar-refractivity contribution >= 4 is 23.5 Å². The number of aromatic hydroxyl groups is 1. The van der Waals surface area contributed by atoms with Crippen molar-refractivity contribution in [3.63, 3.8) is 0 Å². The van der Waals surface area contributed by atoms with Gasteiger partial charge in [-0.3, -0.25) is 5.43 Å². The normalized spacial score (nSPS) is 10.7. The van der Waals surface area contributed by atoms with E-state index in [0.717, 1.165) is 11.3 Å². The molecule has 0 aliphatic carbocycles. The molecule has 0 saturated carbocycles. The van der Waals surface area contributed by atoms with E-state index in [1.807, 2.05) is 19.1 Å². The van der Waals surface area contributed by atoms with Crippen LogP contribution in [0, 0.1) is 0 Å². The number of rotatable bonds is 5. The van der Waals surface area contributed by atoms with Crippen molar-refractivity contribution in [3.05, 3.63) is 53.1 Å². The maximum Gasteiger partial charge on any atom is 0.161 e. The van der Waals surface area contributed by atoms with Crippen molar-refractivity contribution in [2.45, 2.75) is 6.92 Å². The molecule has 2 aromatic carbocycles. The van der Waals surface area contributed by atoms with Crippen LogP contribution < -0.4 is 10.2 Å². The van der Waals surface area contributed by atoms with E-state index in [1.54, 1.807) is 36.5 Å². The number of phenols is 1. The number of nitrogens with one attached hydrogen (secondary N) is 1. The summed E-state index contributed by atoms with van der Waals surface area (Å²) in [4.78, 5) is 0. The number of hydrogen-bond acceptors (Lipinski definition) is 4. The van der Waals surface area contributed by atoms with Crippen molar-refractivity contribution in [3.8, 4) is 11.5 Å². The Morgan fingerprint density at radius 2 is 2.00 bits per heavy atom. The van der Waals surface area contributed by atoms with Gasteiger partial charge in [0.1, 0.15) is 0 Å². The second kappa shape index (κ2) is 6.82. The number of nitrogens with zero attached hydrogens (tertiary/aromatic N) is 1. The zero-order valence-corrected chi connectivity index (χ0v) is 11.8. The summed E-state index contributed by atoms with van der Waals surface area (Å²) in [6.45, 7) is 2.36. The number of hydrazone groups is 1. The smallest absolute Gasteiger partial charge is 0.161 e. The molecule has 20 heavy (non-hydrogen) atoms. The molecule has 0 atom stereocenters. The van der Waals surface area contributed by atoms with E-state index < -0.39 is 0 Å². The topological polar surface area (TPSA) is 53.8 Å². The van der Waals surface area contributed by atoms with E-state index in [-0.39, 0.29) is 5.75 Å². The van der Waals surface area contributed by atoms with Crippen LogP contribution in [-0.2, 0) is 0 Å². The zero-order chi connectivity index (χ0) is 14.4. The van der Waals surface area contributed by atoms with Crippen LogP contribution in [0.1, 0.15) is 12.5 Å². The maximum atomic E-state index is 9.60. The zero-order valence-electron chi connectivity index (χ0n) is 11.0. The van der Waals surface area contributed by atoms with Gasteiger partial charge in [0.15, 0.2) is 11.5 Å². The molecular formula is C15H15ClN2O2. The third-order valence-electron chi connectivity index (χ3n) is 2.54. The minimum absolute atomic E-state index is 0.120. The molecule has 0 amide bonds. The lowest BCUT2D eigenvalue weighted by atomic mass is 10.2. The van der Waals surface area contributed by atoms with Gasteiger partial charge in [0.05, 0.1) is 18.5 Å². The summed E-state index contributed by atoms with van der Waals surface area (Å²) in [6, 6.07) is 12.3. The van der Waals surface area contributed by atoms with Gasteiger partial charge in [-0.1, -0.05) is 11.6 Å². The summed E-state index contributed by atoms with van der Waals surface area (Å²) in [7, 11) is 0. The summed E-state index contributed by atoms with van der Waals surface area (Å²) >= 11 is 5.80. The van der Waals surface area contributed by atoms with E-state index in [1.165, 1.54) is 0 Å². The molecule has 0 aliphatic rings. The number of ether oxygens (including phenoxy) is 1. The van der Waals surface area contributed by atoms with Gasteiger partial charge >= 0.3 is 0 Å². The Kier molecular flexibility index (Phi) is 4.85. The lowest BCUT2D eigenvalue weighted by Crippen LogP contribution is -1.94. The van der Waals surface area contributed by atoms with Crippen LogP contribution in [0.2, 0.25) is 5.02 Å². The molecule has 0 unspecified atom stereocenters. The van der Waals surface area contributed by atoms with Crippen LogP contribution in [0.15, 0.2) is 47.6 Å². The van der Waals surface area contributed by atoms with E-state index in [9.17, 15) is 5.11 Å². The van der Waals surface area contributed by atoms with Crippen molar-refractivity contribution in [1.82, 2.24) is 0 Å². The molecule has 0 radical (unpaired) electrons. The molecule has 5 heteroatoms. The monoisotopic (exact) mass is 290 g/mol. The summed E-state index contributed by atoms with van der Waals surface area (Å²) < 4.78 is 5.31. The molecule has 0 spiro atoms. The Bertz CT molecular complexity index is 597. The van der Waals surface area contributed by atoms with Gasteiger partial charge in [-0.05, 0) is 55.0 Å². The fourth-order valence-corrected chi connectivity index (χ4v) is 1.71. The van der Waals surface area contributed by atoms with Gasteiger partial charge in [0.2, 0.25) is 0 Å².